The quantitative estimate of drug-likeness (QED) is 0.783. The second kappa shape index (κ2) is 5.33. The molecule has 0 radical (unpaired) electrons. The minimum absolute atomic E-state index is 0.564. The Hall–Kier alpha value is -1.36. The molecule has 0 unspecified atom stereocenters. The first kappa shape index (κ1) is 12.7. The van der Waals surface area contributed by atoms with Crippen LogP contribution in [-0.2, 0) is 6.54 Å². The minimum atomic E-state index is 0.564. The van der Waals surface area contributed by atoms with Crippen LogP contribution >= 0.6 is 23.1 Å². The predicted molar refractivity (Wildman–Crippen MR) is 82.8 cm³/mol. The summed E-state index contributed by atoms with van der Waals surface area (Å²) in [5.41, 5.74) is 9.31. The summed E-state index contributed by atoms with van der Waals surface area (Å²) >= 11 is 3.43. The average Bonchev–Trinajstić information content (AvgIpc) is 2.83. The van der Waals surface area contributed by atoms with Gasteiger partial charge in [-0.25, -0.2) is 4.98 Å². The van der Waals surface area contributed by atoms with Gasteiger partial charge in [0.1, 0.15) is 0 Å². The Balaban J connectivity index is 1.96. The van der Waals surface area contributed by atoms with Crippen LogP contribution in [0.3, 0.4) is 0 Å². The van der Waals surface area contributed by atoms with Gasteiger partial charge in [0.25, 0.3) is 0 Å². The van der Waals surface area contributed by atoms with Crippen LogP contribution in [0.25, 0.3) is 10.2 Å². The van der Waals surface area contributed by atoms with E-state index < -0.39 is 0 Å². The summed E-state index contributed by atoms with van der Waals surface area (Å²) in [6, 6.07) is 14.6. The number of benzene rings is 2. The standard InChI is InChI=1S/C15H14N2S2/c1-10-6-7-13(11(8-10)9-16)18-15-17-12-4-2-3-5-14(12)19-15/h2-8H,9,16H2,1H3. The zero-order valence-corrected chi connectivity index (χ0v) is 12.2. The van der Waals surface area contributed by atoms with Gasteiger partial charge in [0, 0.05) is 11.4 Å². The van der Waals surface area contributed by atoms with E-state index >= 15 is 0 Å². The highest BCUT2D eigenvalue weighted by molar-refractivity contribution is 8.01. The summed E-state index contributed by atoms with van der Waals surface area (Å²) in [6.45, 7) is 2.65. The van der Waals surface area contributed by atoms with E-state index in [9.17, 15) is 0 Å². The van der Waals surface area contributed by atoms with Crippen LogP contribution in [0.15, 0.2) is 51.7 Å². The third-order valence-corrected chi connectivity index (χ3v) is 5.12. The molecule has 0 spiro atoms. The first-order valence-electron chi connectivity index (χ1n) is 6.09. The van der Waals surface area contributed by atoms with Crippen molar-refractivity contribution in [2.75, 3.05) is 0 Å². The highest BCUT2D eigenvalue weighted by Gasteiger charge is 2.08. The third kappa shape index (κ3) is 2.66. The van der Waals surface area contributed by atoms with Crippen LogP contribution in [0.4, 0.5) is 0 Å². The molecule has 1 aromatic heterocycles. The molecule has 0 atom stereocenters. The molecule has 0 saturated heterocycles. The lowest BCUT2D eigenvalue weighted by molar-refractivity contribution is 1.02. The van der Waals surface area contributed by atoms with E-state index in [1.165, 1.54) is 20.7 Å². The molecule has 96 valence electrons. The molecule has 4 heteroatoms. The normalized spacial score (nSPS) is 11.1. The molecule has 3 rings (SSSR count). The van der Waals surface area contributed by atoms with Crippen LogP contribution in [0.1, 0.15) is 11.1 Å². The molecule has 3 aromatic rings. The fourth-order valence-corrected chi connectivity index (χ4v) is 4.10. The number of rotatable bonds is 3. The van der Waals surface area contributed by atoms with Gasteiger partial charge in [-0.3, -0.25) is 0 Å². The van der Waals surface area contributed by atoms with Crippen LogP contribution < -0.4 is 5.73 Å². The van der Waals surface area contributed by atoms with E-state index in [1.54, 1.807) is 23.1 Å². The fraction of sp³-hybridized carbons (Fsp3) is 0.133. The Bertz CT molecular complexity index is 686. The smallest absolute Gasteiger partial charge is 0.155 e. The highest BCUT2D eigenvalue weighted by Crippen LogP contribution is 2.36. The van der Waals surface area contributed by atoms with Crippen molar-refractivity contribution < 1.29 is 0 Å². The van der Waals surface area contributed by atoms with Crippen molar-refractivity contribution in [3.05, 3.63) is 53.6 Å². The lowest BCUT2D eigenvalue weighted by Crippen LogP contribution is -1.98. The van der Waals surface area contributed by atoms with E-state index in [2.05, 4.69) is 42.2 Å². The first-order valence-corrected chi connectivity index (χ1v) is 7.72. The predicted octanol–water partition coefficient (Wildman–Crippen LogP) is 4.21. The van der Waals surface area contributed by atoms with Crippen LogP contribution in [0.5, 0.6) is 0 Å². The zero-order valence-electron chi connectivity index (χ0n) is 10.6. The Morgan fingerprint density at radius 3 is 2.84 bits per heavy atom. The monoisotopic (exact) mass is 286 g/mol. The van der Waals surface area contributed by atoms with Crippen molar-refractivity contribution in [3.63, 3.8) is 0 Å². The van der Waals surface area contributed by atoms with Gasteiger partial charge in [0.05, 0.1) is 10.2 Å². The van der Waals surface area contributed by atoms with Gasteiger partial charge in [0.2, 0.25) is 0 Å². The van der Waals surface area contributed by atoms with Gasteiger partial charge in [-0.15, -0.1) is 11.3 Å². The summed E-state index contributed by atoms with van der Waals surface area (Å²) in [4.78, 5) is 5.85. The maximum atomic E-state index is 5.82. The van der Waals surface area contributed by atoms with Crippen molar-refractivity contribution in [2.24, 2.45) is 5.73 Å². The van der Waals surface area contributed by atoms with E-state index in [1.807, 2.05) is 12.1 Å². The Kier molecular flexibility index (Phi) is 3.55. The number of aryl methyl sites for hydroxylation is 1. The van der Waals surface area contributed by atoms with Crippen molar-refractivity contribution in [1.29, 1.82) is 0 Å². The molecular formula is C15H14N2S2. The molecule has 0 fully saturated rings. The molecule has 2 aromatic carbocycles. The molecule has 1 heterocycles. The van der Waals surface area contributed by atoms with Crippen LogP contribution in [-0.4, -0.2) is 4.98 Å². The van der Waals surface area contributed by atoms with E-state index in [4.69, 9.17) is 5.73 Å². The maximum Gasteiger partial charge on any atom is 0.155 e. The van der Waals surface area contributed by atoms with Crippen molar-refractivity contribution >= 4 is 33.3 Å². The molecule has 19 heavy (non-hydrogen) atoms. The Morgan fingerprint density at radius 2 is 2.05 bits per heavy atom. The SMILES string of the molecule is Cc1ccc(Sc2nc3ccccc3s2)c(CN)c1. The third-order valence-electron chi connectivity index (χ3n) is 2.91. The van der Waals surface area contributed by atoms with Crippen molar-refractivity contribution in [3.8, 4) is 0 Å². The molecule has 0 aliphatic carbocycles. The number of para-hydroxylation sites is 1. The maximum absolute atomic E-state index is 5.82. The number of hydrogen-bond acceptors (Lipinski definition) is 4. The van der Waals surface area contributed by atoms with E-state index in [0.717, 1.165) is 9.86 Å². The van der Waals surface area contributed by atoms with Gasteiger partial charge in [-0.2, -0.15) is 0 Å². The number of hydrogen-bond donors (Lipinski definition) is 1. The van der Waals surface area contributed by atoms with Gasteiger partial charge in [-0.05, 0) is 30.7 Å². The summed E-state index contributed by atoms with van der Waals surface area (Å²) in [6.07, 6.45) is 0. The molecule has 0 amide bonds. The summed E-state index contributed by atoms with van der Waals surface area (Å²) in [5.74, 6) is 0. The molecule has 0 aliphatic heterocycles. The molecule has 0 saturated carbocycles. The summed E-state index contributed by atoms with van der Waals surface area (Å²) < 4.78 is 2.30. The lowest BCUT2D eigenvalue weighted by atomic mass is 10.1. The van der Waals surface area contributed by atoms with Crippen molar-refractivity contribution in [1.82, 2.24) is 4.98 Å². The highest BCUT2D eigenvalue weighted by atomic mass is 32.2. The molecular weight excluding hydrogens is 272 g/mol. The van der Waals surface area contributed by atoms with E-state index in [-0.39, 0.29) is 0 Å². The first-order chi connectivity index (χ1) is 9.26. The Morgan fingerprint density at radius 1 is 1.21 bits per heavy atom. The zero-order chi connectivity index (χ0) is 13.2. The number of fused-ring (bicyclic) bond motifs is 1. The van der Waals surface area contributed by atoms with Gasteiger partial charge >= 0.3 is 0 Å². The number of nitrogens with zero attached hydrogens (tertiary/aromatic N) is 1. The van der Waals surface area contributed by atoms with Crippen LogP contribution in [0, 0.1) is 6.92 Å². The average molecular weight is 286 g/mol. The van der Waals surface area contributed by atoms with E-state index in [0.29, 0.717) is 6.54 Å². The largest absolute Gasteiger partial charge is 0.326 e. The second-order valence-corrected chi connectivity index (χ2v) is 6.68. The summed E-state index contributed by atoms with van der Waals surface area (Å²) in [5, 5.41) is 0. The fourth-order valence-electron chi connectivity index (χ4n) is 1.96. The van der Waals surface area contributed by atoms with Gasteiger partial charge in [0.15, 0.2) is 4.34 Å². The second-order valence-electron chi connectivity index (χ2n) is 4.36. The minimum Gasteiger partial charge on any atom is -0.326 e. The molecule has 0 bridgehead atoms. The number of thiazole rings is 1. The van der Waals surface area contributed by atoms with Gasteiger partial charge < -0.3 is 5.73 Å². The Labute approximate surface area is 120 Å². The molecule has 2 nitrogen and oxygen atoms in total. The topological polar surface area (TPSA) is 38.9 Å². The summed E-state index contributed by atoms with van der Waals surface area (Å²) in [7, 11) is 0. The number of nitrogens with two attached hydrogens (primary N) is 1. The lowest BCUT2D eigenvalue weighted by Gasteiger charge is -2.06. The molecule has 0 aliphatic rings. The molecule has 2 N–H and O–H groups in total. The van der Waals surface area contributed by atoms with Crippen LogP contribution in [0.2, 0.25) is 0 Å². The van der Waals surface area contributed by atoms with Crippen molar-refractivity contribution in [2.45, 2.75) is 22.7 Å². The number of aromatic nitrogens is 1. The van der Waals surface area contributed by atoms with Gasteiger partial charge in [-0.1, -0.05) is 41.6 Å².